The van der Waals surface area contributed by atoms with Crippen molar-refractivity contribution in [2.24, 2.45) is 5.92 Å². The molecule has 0 spiro atoms. The van der Waals surface area contributed by atoms with Gasteiger partial charge >= 0.3 is 0 Å². The van der Waals surface area contributed by atoms with Crippen molar-refractivity contribution in [2.75, 3.05) is 11.9 Å². The van der Waals surface area contributed by atoms with E-state index in [0.29, 0.717) is 23.6 Å². The second kappa shape index (κ2) is 9.36. The molecular weight excluding hydrogens is 463 g/mol. The third-order valence-corrected chi connectivity index (χ3v) is 6.25. The fourth-order valence-electron chi connectivity index (χ4n) is 3.81. The van der Waals surface area contributed by atoms with Crippen LogP contribution >= 0.6 is 12.2 Å². The maximum absolute atomic E-state index is 13.7. The maximum atomic E-state index is 13.7. The highest BCUT2D eigenvalue weighted by atomic mass is 32.1. The van der Waals surface area contributed by atoms with E-state index in [9.17, 15) is 9.50 Å². The molecule has 2 aromatic carbocycles. The predicted octanol–water partition coefficient (Wildman–Crippen LogP) is 6.03. The Morgan fingerprint density at radius 1 is 1.20 bits per heavy atom. The topological polar surface area (TPSA) is 71.7 Å². The Balaban J connectivity index is 1.51. The Hall–Kier alpha value is -3.36. The summed E-state index contributed by atoms with van der Waals surface area (Å²) in [4.78, 5) is 5.58. The van der Waals surface area contributed by atoms with Gasteiger partial charge in [0, 0.05) is 29.1 Å². The summed E-state index contributed by atoms with van der Waals surface area (Å²) in [5.41, 5.74) is 3.06. The van der Waals surface area contributed by atoms with Gasteiger partial charge in [-0.2, -0.15) is 0 Å². The molecule has 5 rings (SSSR count). The minimum Gasteiger partial charge on any atom is -0.437 e. The Kier molecular flexibility index (Phi) is 6.25. The second-order valence-corrected chi connectivity index (χ2v) is 10.1. The first-order valence-corrected chi connectivity index (χ1v) is 12.1. The number of halogens is 1. The summed E-state index contributed by atoms with van der Waals surface area (Å²) >= 11 is 5.62. The number of nitrogens with one attached hydrogen (secondary N) is 1. The van der Waals surface area contributed by atoms with Gasteiger partial charge in [0.05, 0.1) is 23.2 Å². The molecule has 1 saturated carbocycles. The molecular formula is C27H27FN4O2S. The molecule has 2 N–H and O–H groups in total. The summed E-state index contributed by atoms with van der Waals surface area (Å²) in [7, 11) is 0. The number of aromatic nitrogens is 3. The van der Waals surface area contributed by atoms with Crippen LogP contribution in [0.25, 0.3) is 16.9 Å². The highest BCUT2D eigenvalue weighted by molar-refractivity contribution is 7.80. The minimum absolute atomic E-state index is 0.267. The van der Waals surface area contributed by atoms with E-state index in [1.807, 2.05) is 24.3 Å². The second-order valence-electron chi connectivity index (χ2n) is 9.65. The van der Waals surface area contributed by atoms with E-state index in [-0.39, 0.29) is 5.88 Å². The molecule has 4 aromatic rings. The van der Waals surface area contributed by atoms with E-state index in [1.165, 1.54) is 25.0 Å². The zero-order valence-corrected chi connectivity index (χ0v) is 20.5. The predicted molar refractivity (Wildman–Crippen MR) is 139 cm³/mol. The molecule has 180 valence electrons. The van der Waals surface area contributed by atoms with Crippen molar-refractivity contribution in [1.29, 1.82) is 0 Å². The lowest BCUT2D eigenvalue weighted by atomic mass is 10.0. The zero-order chi connectivity index (χ0) is 24.6. The van der Waals surface area contributed by atoms with Crippen LogP contribution in [-0.2, 0) is 0 Å². The number of benzene rings is 2. The van der Waals surface area contributed by atoms with Crippen LogP contribution in [0.2, 0.25) is 0 Å². The highest BCUT2D eigenvalue weighted by Gasteiger charge is 2.23. The van der Waals surface area contributed by atoms with E-state index < -0.39 is 11.4 Å². The van der Waals surface area contributed by atoms with Gasteiger partial charge in [0.15, 0.2) is 5.65 Å². The number of hydrogen-bond donors (Lipinski definition) is 2. The Bertz CT molecular complexity index is 1370. The number of imidazole rings is 1. The number of fused-ring (bicyclic) bond motifs is 1. The summed E-state index contributed by atoms with van der Waals surface area (Å²) in [5, 5.41) is 18.1. The summed E-state index contributed by atoms with van der Waals surface area (Å²) in [6, 6.07) is 15.7. The van der Waals surface area contributed by atoms with Crippen LogP contribution in [0.4, 0.5) is 10.1 Å². The Labute approximate surface area is 208 Å². The van der Waals surface area contributed by atoms with Crippen LogP contribution < -0.4 is 10.1 Å². The molecule has 1 aliphatic rings. The van der Waals surface area contributed by atoms with Gasteiger partial charge in [-0.05, 0) is 56.7 Å². The van der Waals surface area contributed by atoms with Gasteiger partial charge in [0.25, 0.3) is 0 Å². The van der Waals surface area contributed by atoms with Crippen molar-refractivity contribution in [3.05, 3.63) is 72.2 Å². The lowest BCUT2D eigenvalue weighted by Crippen LogP contribution is -2.29. The molecule has 0 radical (unpaired) electrons. The first kappa shape index (κ1) is 23.4. The van der Waals surface area contributed by atoms with Gasteiger partial charge in [0.1, 0.15) is 11.6 Å². The number of hydrogen-bond acceptors (Lipinski definition) is 6. The Morgan fingerprint density at radius 2 is 1.97 bits per heavy atom. The molecule has 1 aliphatic carbocycles. The van der Waals surface area contributed by atoms with Gasteiger partial charge in [-0.1, -0.05) is 42.5 Å². The van der Waals surface area contributed by atoms with Gasteiger partial charge in [-0.3, -0.25) is 0 Å². The van der Waals surface area contributed by atoms with E-state index in [4.69, 9.17) is 17.0 Å². The molecule has 2 aromatic heterocycles. The largest absolute Gasteiger partial charge is 0.437 e. The number of rotatable bonds is 9. The van der Waals surface area contributed by atoms with Crippen molar-refractivity contribution >= 4 is 28.4 Å². The quantitative estimate of drug-likeness (QED) is 0.221. The molecule has 6 nitrogen and oxygen atoms in total. The molecule has 8 heteroatoms. The molecule has 0 unspecified atom stereocenters. The summed E-state index contributed by atoms with van der Waals surface area (Å²) < 4.78 is 21.3. The molecule has 0 saturated heterocycles. The fraction of sp³-hybridized carbons (Fsp3) is 0.296. The lowest BCUT2D eigenvalue weighted by molar-refractivity contribution is 0.0945. The third-order valence-electron chi connectivity index (χ3n) is 5.85. The van der Waals surface area contributed by atoms with Gasteiger partial charge in [-0.25, -0.2) is 13.9 Å². The average molecular weight is 491 g/mol. The van der Waals surface area contributed by atoms with E-state index in [2.05, 4.69) is 15.4 Å². The van der Waals surface area contributed by atoms with Gasteiger partial charge in [-0.15, -0.1) is 5.10 Å². The number of nitrogens with zero attached hydrogens (tertiary/aromatic N) is 3. The van der Waals surface area contributed by atoms with Crippen LogP contribution in [0, 0.1) is 11.7 Å². The van der Waals surface area contributed by atoms with E-state index in [0.717, 1.165) is 34.0 Å². The standard InChI is InChI=1S/C27H27FN4O2S/c1-27(2,33)16-30-22-14-25(34-21-5-3-4-20(28)13-21)31-32-23(15-29-26(22)32)18-8-10-19(11-9-18)24(35)12-17-6-7-17/h3-5,8-11,13-15,17,30,33H,6-7,12,16H2,1-2H3. The number of aliphatic hydroxyl groups is 1. The number of anilines is 1. The minimum atomic E-state index is -0.937. The zero-order valence-electron chi connectivity index (χ0n) is 19.7. The Morgan fingerprint density at radius 3 is 2.66 bits per heavy atom. The SMILES string of the molecule is CC(C)(O)CNc1cc(Oc2cccc(F)c2)nn2c(-c3ccc(C(=S)CC4CC4)cc3)cnc12. The van der Waals surface area contributed by atoms with Crippen LogP contribution in [0.15, 0.2) is 60.8 Å². The molecule has 1 fully saturated rings. The molecule has 0 bridgehead atoms. The van der Waals surface area contributed by atoms with Crippen molar-refractivity contribution in [1.82, 2.24) is 14.6 Å². The van der Waals surface area contributed by atoms with Crippen molar-refractivity contribution < 1.29 is 14.2 Å². The van der Waals surface area contributed by atoms with E-state index in [1.54, 1.807) is 42.8 Å². The molecule has 0 atom stereocenters. The van der Waals surface area contributed by atoms with Crippen LogP contribution in [0.3, 0.4) is 0 Å². The third kappa shape index (κ3) is 5.66. The fourth-order valence-corrected chi connectivity index (χ4v) is 4.19. The van der Waals surface area contributed by atoms with Crippen LogP contribution in [0.1, 0.15) is 38.7 Å². The molecule has 0 aliphatic heterocycles. The molecule has 35 heavy (non-hydrogen) atoms. The van der Waals surface area contributed by atoms with Gasteiger partial charge in [0.2, 0.25) is 5.88 Å². The van der Waals surface area contributed by atoms with Crippen LogP contribution in [0.5, 0.6) is 11.6 Å². The molecule has 0 amide bonds. The van der Waals surface area contributed by atoms with Crippen molar-refractivity contribution in [3.8, 4) is 22.9 Å². The average Bonchev–Trinajstić information content (AvgIpc) is 3.52. The van der Waals surface area contributed by atoms with Crippen molar-refractivity contribution in [3.63, 3.8) is 0 Å². The van der Waals surface area contributed by atoms with Gasteiger partial charge < -0.3 is 15.2 Å². The maximum Gasteiger partial charge on any atom is 0.239 e. The normalized spacial score (nSPS) is 13.7. The number of thiocarbonyl (C=S) groups is 1. The van der Waals surface area contributed by atoms with E-state index >= 15 is 0 Å². The van der Waals surface area contributed by atoms with Crippen molar-refractivity contribution in [2.45, 2.75) is 38.7 Å². The first-order chi connectivity index (χ1) is 16.7. The number of ether oxygens (including phenoxy) is 1. The summed E-state index contributed by atoms with van der Waals surface area (Å²) in [6.07, 6.45) is 5.27. The summed E-state index contributed by atoms with van der Waals surface area (Å²) in [5.74, 6) is 0.951. The molecule has 2 heterocycles. The monoisotopic (exact) mass is 490 g/mol. The highest BCUT2D eigenvalue weighted by Crippen LogP contribution is 2.34. The first-order valence-electron chi connectivity index (χ1n) is 11.7. The summed E-state index contributed by atoms with van der Waals surface area (Å²) in [6.45, 7) is 3.73. The smallest absolute Gasteiger partial charge is 0.239 e. The van der Waals surface area contributed by atoms with Crippen LogP contribution in [-0.4, -0.2) is 36.7 Å². The lowest BCUT2D eigenvalue weighted by Gasteiger charge is -2.19.